The molecule has 1 aliphatic rings. The number of nitrogens with zero attached hydrogens (tertiary/aromatic N) is 4. The van der Waals surface area contributed by atoms with Crippen LogP contribution in [0.5, 0.6) is 17.2 Å². The second-order valence-electron chi connectivity index (χ2n) is 7.91. The standard InChI is InChI=1S/C24H29N5O4/c1-32-19-8-6-17(7-9-19)24(31)25-12-10-21-26-27-22-11-13-28(14-15-29(21)22)16-18-4-3-5-20(33-2)23(18)30/h3-9,30H,10-16H2,1-2H3,(H,25,31). The summed E-state index contributed by atoms with van der Waals surface area (Å²) >= 11 is 0. The number of para-hydroxylation sites is 1. The van der Waals surface area contributed by atoms with Gasteiger partial charge in [-0.3, -0.25) is 9.69 Å². The molecule has 0 saturated heterocycles. The van der Waals surface area contributed by atoms with Crippen LogP contribution in [0.4, 0.5) is 0 Å². The molecule has 0 radical (unpaired) electrons. The second-order valence-corrected chi connectivity index (χ2v) is 7.91. The van der Waals surface area contributed by atoms with Crippen molar-refractivity contribution >= 4 is 5.91 Å². The predicted molar refractivity (Wildman–Crippen MR) is 123 cm³/mol. The van der Waals surface area contributed by atoms with E-state index in [1.807, 2.05) is 12.1 Å². The number of phenols is 1. The highest BCUT2D eigenvalue weighted by atomic mass is 16.5. The largest absolute Gasteiger partial charge is 0.504 e. The van der Waals surface area contributed by atoms with Crippen molar-refractivity contribution < 1.29 is 19.4 Å². The Morgan fingerprint density at radius 3 is 2.64 bits per heavy atom. The highest BCUT2D eigenvalue weighted by molar-refractivity contribution is 5.94. The Kier molecular flexibility index (Phi) is 7.09. The summed E-state index contributed by atoms with van der Waals surface area (Å²) in [6, 6.07) is 12.6. The maximum absolute atomic E-state index is 12.4. The van der Waals surface area contributed by atoms with Gasteiger partial charge >= 0.3 is 0 Å². The first kappa shape index (κ1) is 22.6. The van der Waals surface area contributed by atoms with Crippen LogP contribution in [0.15, 0.2) is 42.5 Å². The van der Waals surface area contributed by atoms with E-state index in [4.69, 9.17) is 9.47 Å². The number of phenolic OH excluding ortho intramolecular Hbond substituents is 1. The van der Waals surface area contributed by atoms with Crippen molar-refractivity contribution in [3.63, 3.8) is 0 Å². The molecule has 4 rings (SSSR count). The Labute approximate surface area is 193 Å². The lowest BCUT2D eigenvalue weighted by atomic mass is 10.1. The van der Waals surface area contributed by atoms with E-state index in [-0.39, 0.29) is 11.7 Å². The Morgan fingerprint density at radius 2 is 1.88 bits per heavy atom. The van der Waals surface area contributed by atoms with Crippen LogP contribution >= 0.6 is 0 Å². The van der Waals surface area contributed by atoms with Gasteiger partial charge in [0.25, 0.3) is 5.91 Å². The van der Waals surface area contributed by atoms with E-state index >= 15 is 0 Å². The number of methoxy groups -OCH3 is 2. The number of fused-ring (bicyclic) bond motifs is 1. The van der Waals surface area contributed by atoms with Gasteiger partial charge in [-0.1, -0.05) is 12.1 Å². The monoisotopic (exact) mass is 451 g/mol. The highest BCUT2D eigenvalue weighted by Gasteiger charge is 2.20. The van der Waals surface area contributed by atoms with E-state index in [2.05, 4.69) is 25.0 Å². The summed E-state index contributed by atoms with van der Waals surface area (Å²) in [5.74, 6) is 3.08. The van der Waals surface area contributed by atoms with Crippen molar-refractivity contribution in [1.29, 1.82) is 0 Å². The van der Waals surface area contributed by atoms with Crippen LogP contribution in [0.2, 0.25) is 0 Å². The van der Waals surface area contributed by atoms with Crippen LogP contribution in [0, 0.1) is 0 Å². The van der Waals surface area contributed by atoms with Gasteiger partial charge in [0.05, 0.1) is 14.2 Å². The van der Waals surface area contributed by atoms with Crippen molar-refractivity contribution in [1.82, 2.24) is 25.0 Å². The third kappa shape index (κ3) is 5.25. The zero-order chi connectivity index (χ0) is 23.2. The number of aromatic hydroxyl groups is 1. The van der Waals surface area contributed by atoms with Gasteiger partial charge < -0.3 is 24.5 Å². The topological polar surface area (TPSA) is 102 Å². The molecule has 0 spiro atoms. The number of hydrogen-bond donors (Lipinski definition) is 2. The number of aromatic nitrogens is 3. The number of rotatable bonds is 8. The molecule has 1 amide bonds. The first-order valence-electron chi connectivity index (χ1n) is 11.0. The van der Waals surface area contributed by atoms with Crippen LogP contribution in [-0.4, -0.2) is 64.5 Å². The fraction of sp³-hybridized carbons (Fsp3) is 0.375. The summed E-state index contributed by atoms with van der Waals surface area (Å²) in [5.41, 5.74) is 1.43. The van der Waals surface area contributed by atoms with Crippen molar-refractivity contribution in [2.45, 2.75) is 25.9 Å². The fourth-order valence-electron chi connectivity index (χ4n) is 4.00. The molecular weight excluding hydrogens is 422 g/mol. The molecule has 2 aromatic carbocycles. The van der Waals surface area contributed by atoms with E-state index in [0.717, 1.165) is 43.3 Å². The van der Waals surface area contributed by atoms with E-state index in [0.29, 0.717) is 36.6 Å². The number of ether oxygens (including phenoxy) is 2. The van der Waals surface area contributed by atoms with Crippen molar-refractivity contribution in [3.05, 3.63) is 65.2 Å². The first-order chi connectivity index (χ1) is 16.1. The summed E-state index contributed by atoms with van der Waals surface area (Å²) in [5, 5.41) is 22.1. The Morgan fingerprint density at radius 1 is 1.06 bits per heavy atom. The summed E-state index contributed by atoms with van der Waals surface area (Å²) < 4.78 is 12.5. The van der Waals surface area contributed by atoms with Gasteiger partial charge in [-0.05, 0) is 30.3 Å². The maximum atomic E-state index is 12.4. The van der Waals surface area contributed by atoms with Gasteiger partial charge in [0.2, 0.25) is 0 Å². The molecule has 1 aromatic heterocycles. The van der Waals surface area contributed by atoms with Crippen LogP contribution in [0.3, 0.4) is 0 Å². The lowest BCUT2D eigenvalue weighted by Gasteiger charge is -2.20. The molecular formula is C24H29N5O4. The zero-order valence-electron chi connectivity index (χ0n) is 19.0. The fourth-order valence-corrected chi connectivity index (χ4v) is 4.00. The normalized spacial score (nSPS) is 13.8. The number of amides is 1. The molecule has 0 fully saturated rings. The van der Waals surface area contributed by atoms with E-state index in [9.17, 15) is 9.90 Å². The minimum atomic E-state index is -0.127. The summed E-state index contributed by atoms with van der Waals surface area (Å²) in [6.45, 7) is 3.50. The van der Waals surface area contributed by atoms with Crippen LogP contribution in [-0.2, 0) is 25.9 Å². The predicted octanol–water partition coefficient (Wildman–Crippen LogP) is 2.03. The van der Waals surface area contributed by atoms with Gasteiger partial charge in [0, 0.05) is 56.7 Å². The third-order valence-corrected chi connectivity index (χ3v) is 5.88. The van der Waals surface area contributed by atoms with Crippen molar-refractivity contribution in [3.8, 4) is 17.2 Å². The lowest BCUT2D eigenvalue weighted by Crippen LogP contribution is -2.28. The molecule has 0 aliphatic carbocycles. The molecule has 9 nitrogen and oxygen atoms in total. The first-order valence-corrected chi connectivity index (χ1v) is 11.0. The van der Waals surface area contributed by atoms with Crippen LogP contribution in [0.25, 0.3) is 0 Å². The number of benzene rings is 2. The van der Waals surface area contributed by atoms with Gasteiger partial charge in [0.1, 0.15) is 17.4 Å². The average Bonchev–Trinajstić information content (AvgIpc) is 3.11. The SMILES string of the molecule is COc1ccc(C(=O)NCCc2nnc3n2CCN(Cc2cccc(OC)c2O)CC3)cc1. The minimum absolute atomic E-state index is 0.127. The van der Waals surface area contributed by atoms with Crippen LogP contribution in [0.1, 0.15) is 27.6 Å². The molecule has 9 heteroatoms. The van der Waals surface area contributed by atoms with Gasteiger partial charge in [-0.2, -0.15) is 0 Å². The quantitative estimate of drug-likeness (QED) is 0.540. The van der Waals surface area contributed by atoms with Gasteiger partial charge in [0.15, 0.2) is 11.5 Å². The number of hydrogen-bond acceptors (Lipinski definition) is 7. The molecule has 0 unspecified atom stereocenters. The molecule has 3 aromatic rings. The number of nitrogens with one attached hydrogen (secondary N) is 1. The summed E-state index contributed by atoms with van der Waals surface area (Å²) in [7, 11) is 3.15. The summed E-state index contributed by atoms with van der Waals surface area (Å²) in [6.07, 6.45) is 1.38. The molecule has 0 atom stereocenters. The minimum Gasteiger partial charge on any atom is -0.504 e. The van der Waals surface area contributed by atoms with Crippen molar-refractivity contribution in [2.75, 3.05) is 33.9 Å². The molecule has 0 bridgehead atoms. The van der Waals surface area contributed by atoms with E-state index < -0.39 is 0 Å². The van der Waals surface area contributed by atoms with Crippen LogP contribution < -0.4 is 14.8 Å². The Hall–Kier alpha value is -3.59. The molecule has 2 N–H and O–H groups in total. The maximum Gasteiger partial charge on any atom is 0.251 e. The average molecular weight is 452 g/mol. The van der Waals surface area contributed by atoms with Gasteiger partial charge in [-0.25, -0.2) is 0 Å². The van der Waals surface area contributed by atoms with E-state index in [1.165, 1.54) is 0 Å². The summed E-state index contributed by atoms with van der Waals surface area (Å²) in [4.78, 5) is 14.7. The second kappa shape index (κ2) is 10.4. The lowest BCUT2D eigenvalue weighted by molar-refractivity contribution is 0.0954. The highest BCUT2D eigenvalue weighted by Crippen LogP contribution is 2.30. The Bertz CT molecular complexity index is 1100. The Balaban J connectivity index is 1.32. The van der Waals surface area contributed by atoms with Crippen molar-refractivity contribution in [2.24, 2.45) is 0 Å². The molecule has 2 heterocycles. The smallest absolute Gasteiger partial charge is 0.251 e. The van der Waals surface area contributed by atoms with E-state index in [1.54, 1.807) is 44.6 Å². The third-order valence-electron chi connectivity index (χ3n) is 5.88. The molecule has 0 saturated carbocycles. The molecule has 1 aliphatic heterocycles. The number of carbonyl (C=O) groups excluding carboxylic acids is 1. The number of carbonyl (C=O) groups is 1. The molecule has 174 valence electrons. The molecule has 33 heavy (non-hydrogen) atoms. The van der Waals surface area contributed by atoms with Gasteiger partial charge in [-0.15, -0.1) is 10.2 Å². The zero-order valence-corrected chi connectivity index (χ0v) is 19.0.